The van der Waals surface area contributed by atoms with Gasteiger partial charge in [0, 0.05) is 24.4 Å². The second-order valence-electron chi connectivity index (χ2n) is 7.44. The van der Waals surface area contributed by atoms with Crippen molar-refractivity contribution in [3.05, 3.63) is 77.5 Å². The van der Waals surface area contributed by atoms with Crippen LogP contribution in [0.1, 0.15) is 28.8 Å². The van der Waals surface area contributed by atoms with Crippen LogP contribution in [0.2, 0.25) is 0 Å². The number of hydrogen-bond donors (Lipinski definition) is 1. The maximum atomic E-state index is 13.2. The van der Waals surface area contributed by atoms with Gasteiger partial charge in [0.2, 0.25) is 0 Å². The fourth-order valence-corrected chi connectivity index (χ4v) is 4.03. The van der Waals surface area contributed by atoms with Crippen molar-refractivity contribution in [2.75, 3.05) is 11.4 Å². The number of aromatic nitrogens is 7. The highest BCUT2D eigenvalue weighted by Gasteiger charge is 2.36. The van der Waals surface area contributed by atoms with Gasteiger partial charge in [0.25, 0.3) is 5.89 Å². The number of hydrogen-bond acceptors (Lipinski definition) is 7. The van der Waals surface area contributed by atoms with Crippen LogP contribution in [-0.4, -0.2) is 41.3 Å². The quantitative estimate of drug-likeness (QED) is 0.482. The van der Waals surface area contributed by atoms with Gasteiger partial charge in [-0.1, -0.05) is 11.2 Å². The van der Waals surface area contributed by atoms with Crippen LogP contribution in [0.3, 0.4) is 0 Å². The van der Waals surface area contributed by atoms with Crippen molar-refractivity contribution in [2.45, 2.75) is 19.4 Å². The predicted octanol–water partition coefficient (Wildman–Crippen LogP) is 3.10. The van der Waals surface area contributed by atoms with Crippen LogP contribution in [0.25, 0.3) is 17.1 Å². The molecule has 5 aromatic rings. The molecule has 0 radical (unpaired) electrons. The Morgan fingerprint density at radius 1 is 1.16 bits per heavy atom. The van der Waals surface area contributed by atoms with Crippen molar-refractivity contribution >= 4 is 11.5 Å². The molecule has 0 unspecified atom stereocenters. The van der Waals surface area contributed by atoms with E-state index in [0.717, 1.165) is 40.9 Å². The van der Waals surface area contributed by atoms with E-state index in [-0.39, 0.29) is 11.9 Å². The van der Waals surface area contributed by atoms with Crippen molar-refractivity contribution in [3.63, 3.8) is 0 Å². The number of fused-ring (bicyclic) bond motifs is 2. The van der Waals surface area contributed by atoms with Gasteiger partial charge >= 0.3 is 6.01 Å². The van der Waals surface area contributed by atoms with E-state index in [2.05, 4.69) is 25.1 Å². The fraction of sp³-hybridized carbons (Fsp3) is 0.190. The Morgan fingerprint density at radius 2 is 2.10 bits per heavy atom. The molecular formula is C21H17FN8O. The lowest BCUT2D eigenvalue weighted by atomic mass is 10.0. The van der Waals surface area contributed by atoms with Gasteiger partial charge in [0.1, 0.15) is 17.6 Å². The number of aromatic amines is 1. The minimum Gasteiger partial charge on any atom is -0.402 e. The largest absolute Gasteiger partial charge is 0.402 e. The van der Waals surface area contributed by atoms with E-state index >= 15 is 0 Å². The fourth-order valence-electron chi connectivity index (χ4n) is 4.03. The number of anilines is 1. The van der Waals surface area contributed by atoms with Crippen molar-refractivity contribution in [1.29, 1.82) is 0 Å². The molecule has 5 aromatic heterocycles. The van der Waals surface area contributed by atoms with Gasteiger partial charge in [-0.2, -0.15) is 5.10 Å². The highest BCUT2D eigenvalue weighted by molar-refractivity contribution is 5.53. The molecule has 1 aliphatic heterocycles. The number of pyridine rings is 2. The Morgan fingerprint density at radius 3 is 2.94 bits per heavy atom. The maximum Gasteiger partial charge on any atom is 0.319 e. The maximum absolute atomic E-state index is 13.2. The topological polar surface area (TPSA) is 101 Å². The zero-order valence-corrected chi connectivity index (χ0v) is 16.5. The Hall–Kier alpha value is -4.08. The van der Waals surface area contributed by atoms with Crippen molar-refractivity contribution in [1.82, 2.24) is 34.8 Å². The average molecular weight is 416 g/mol. The molecule has 0 spiro atoms. The van der Waals surface area contributed by atoms with Gasteiger partial charge in [-0.25, -0.2) is 18.9 Å². The summed E-state index contributed by atoms with van der Waals surface area (Å²) in [5, 5.41) is 13.2. The molecule has 6 rings (SSSR count). The minimum absolute atomic E-state index is 0.229. The standard InChI is InChI=1S/C21H17FN8O/c1-12-3-2-4-14-9-17(28-30(12)14)19-18-15(24-11-25-18)7-8-29(19)21-27-26-20(31-21)16-6-5-13(22)10-23-16/h2-6,9-11,19H,7-8H2,1H3,(H,24,25)/t19-/m1/s1. The number of nitrogens with one attached hydrogen (secondary N) is 1. The SMILES string of the molecule is Cc1cccc2cc([C@@H]3c4nc[nH]c4CCN3c3nnc(-c4ccc(F)cn4)o3)nn12. The smallest absolute Gasteiger partial charge is 0.319 e. The molecule has 9 nitrogen and oxygen atoms in total. The Bertz CT molecular complexity index is 1390. The van der Waals surface area contributed by atoms with Gasteiger partial charge in [-0.15, -0.1) is 5.10 Å². The normalized spacial score (nSPS) is 16.1. The first-order valence-electron chi connectivity index (χ1n) is 9.87. The van der Waals surface area contributed by atoms with E-state index in [1.165, 1.54) is 12.1 Å². The molecule has 0 fully saturated rings. The van der Waals surface area contributed by atoms with Gasteiger partial charge in [-0.05, 0) is 37.3 Å². The number of aryl methyl sites for hydroxylation is 1. The summed E-state index contributed by atoms with van der Waals surface area (Å²) >= 11 is 0. The molecule has 31 heavy (non-hydrogen) atoms. The second kappa shape index (κ2) is 6.73. The Labute approximate surface area is 175 Å². The van der Waals surface area contributed by atoms with Gasteiger partial charge in [-0.3, -0.25) is 0 Å². The molecule has 10 heteroatoms. The number of nitrogens with zero attached hydrogens (tertiary/aromatic N) is 7. The number of H-pyrrole nitrogens is 1. The zero-order valence-electron chi connectivity index (χ0n) is 16.5. The van der Waals surface area contributed by atoms with Crippen molar-refractivity contribution in [3.8, 4) is 11.6 Å². The third-order valence-electron chi connectivity index (χ3n) is 5.51. The third kappa shape index (κ3) is 2.87. The lowest BCUT2D eigenvalue weighted by Gasteiger charge is -2.32. The molecule has 1 aliphatic rings. The lowest BCUT2D eigenvalue weighted by Crippen LogP contribution is -2.37. The van der Waals surface area contributed by atoms with E-state index in [4.69, 9.17) is 9.52 Å². The number of halogens is 1. The summed E-state index contributed by atoms with van der Waals surface area (Å²) in [5.74, 6) is -0.194. The molecule has 154 valence electrons. The predicted molar refractivity (Wildman–Crippen MR) is 109 cm³/mol. The Kier molecular flexibility index (Phi) is 3.85. The molecule has 0 saturated heterocycles. The van der Waals surface area contributed by atoms with Gasteiger partial charge in [0.05, 0.1) is 29.4 Å². The molecule has 1 atom stereocenters. The van der Waals surface area contributed by atoms with Crippen LogP contribution in [0.15, 0.2) is 53.3 Å². The highest BCUT2D eigenvalue weighted by Crippen LogP contribution is 2.36. The molecule has 0 bridgehead atoms. The number of rotatable bonds is 3. The molecule has 1 N–H and O–H groups in total. The van der Waals surface area contributed by atoms with Gasteiger partial charge < -0.3 is 14.3 Å². The summed E-state index contributed by atoms with van der Waals surface area (Å²) in [7, 11) is 0. The van der Waals surface area contributed by atoms with Crippen LogP contribution >= 0.6 is 0 Å². The van der Waals surface area contributed by atoms with Crippen molar-refractivity contribution < 1.29 is 8.81 Å². The lowest BCUT2D eigenvalue weighted by molar-refractivity contribution is 0.502. The molecule has 0 aromatic carbocycles. The van der Waals surface area contributed by atoms with E-state index in [1.54, 1.807) is 6.33 Å². The highest BCUT2D eigenvalue weighted by atomic mass is 19.1. The van der Waals surface area contributed by atoms with Crippen LogP contribution in [0.5, 0.6) is 0 Å². The summed E-state index contributed by atoms with van der Waals surface area (Å²) in [4.78, 5) is 13.8. The first kappa shape index (κ1) is 17.8. The van der Waals surface area contributed by atoms with E-state index in [0.29, 0.717) is 18.3 Å². The summed E-state index contributed by atoms with van der Waals surface area (Å²) < 4.78 is 21.1. The van der Waals surface area contributed by atoms with E-state index in [9.17, 15) is 4.39 Å². The summed E-state index contributed by atoms with van der Waals surface area (Å²) in [5.41, 5.74) is 5.23. The summed E-state index contributed by atoms with van der Waals surface area (Å²) in [6.45, 7) is 2.66. The second-order valence-corrected chi connectivity index (χ2v) is 7.44. The first-order valence-corrected chi connectivity index (χ1v) is 9.87. The zero-order chi connectivity index (χ0) is 20.9. The summed E-state index contributed by atoms with van der Waals surface area (Å²) in [6, 6.07) is 11.0. The number of imidazole rings is 1. The average Bonchev–Trinajstić information content (AvgIpc) is 3.52. The van der Waals surface area contributed by atoms with Crippen LogP contribution in [-0.2, 0) is 6.42 Å². The van der Waals surface area contributed by atoms with E-state index in [1.807, 2.05) is 40.6 Å². The van der Waals surface area contributed by atoms with Crippen molar-refractivity contribution in [2.24, 2.45) is 0 Å². The molecule has 0 amide bonds. The Balaban J connectivity index is 1.44. The van der Waals surface area contributed by atoms with Crippen LogP contribution in [0.4, 0.5) is 10.4 Å². The first-order chi connectivity index (χ1) is 15.2. The third-order valence-corrected chi connectivity index (χ3v) is 5.51. The molecule has 6 heterocycles. The minimum atomic E-state index is -0.423. The van der Waals surface area contributed by atoms with Crippen LogP contribution < -0.4 is 4.90 Å². The van der Waals surface area contributed by atoms with E-state index < -0.39 is 5.82 Å². The van der Waals surface area contributed by atoms with Crippen LogP contribution in [0, 0.1) is 12.7 Å². The monoisotopic (exact) mass is 416 g/mol. The molecular weight excluding hydrogens is 399 g/mol. The molecule has 0 aliphatic carbocycles. The van der Waals surface area contributed by atoms with Gasteiger partial charge in [0.15, 0.2) is 0 Å². The summed E-state index contributed by atoms with van der Waals surface area (Å²) in [6.07, 6.45) is 3.58. The molecule has 0 saturated carbocycles.